The van der Waals surface area contributed by atoms with E-state index in [1.807, 2.05) is 37.3 Å². The van der Waals surface area contributed by atoms with E-state index in [2.05, 4.69) is 30.7 Å². The van der Waals surface area contributed by atoms with E-state index in [0.717, 1.165) is 30.3 Å². The van der Waals surface area contributed by atoms with Gasteiger partial charge in [0.05, 0.1) is 18.2 Å². The molecule has 0 atom stereocenters. The minimum absolute atomic E-state index is 0.332. The Hall–Kier alpha value is -3.95. The van der Waals surface area contributed by atoms with Gasteiger partial charge in [0, 0.05) is 41.8 Å². The lowest BCUT2D eigenvalue weighted by molar-refractivity contribution is 0.102. The number of rotatable bonds is 6. The van der Waals surface area contributed by atoms with Gasteiger partial charge in [-0.15, -0.1) is 0 Å². The summed E-state index contributed by atoms with van der Waals surface area (Å²) in [6, 6.07) is 16.5. The number of hydrogen-bond donors (Lipinski definition) is 2. The Bertz CT molecular complexity index is 1380. The van der Waals surface area contributed by atoms with E-state index in [9.17, 15) is 4.79 Å². The molecule has 2 aromatic carbocycles. The van der Waals surface area contributed by atoms with Crippen molar-refractivity contribution in [2.45, 2.75) is 13.8 Å². The first-order valence-electron chi connectivity index (χ1n) is 11.6. The summed E-state index contributed by atoms with van der Waals surface area (Å²) in [4.78, 5) is 24.5. The number of carbonyl (C=O) groups excluding carboxylic acids is 1. The molecular weight excluding hydrogens is 480 g/mol. The van der Waals surface area contributed by atoms with Gasteiger partial charge in [-0.2, -0.15) is 4.98 Å². The Balaban J connectivity index is 1.30. The van der Waals surface area contributed by atoms with Crippen LogP contribution in [0.5, 0.6) is 0 Å². The third kappa shape index (κ3) is 5.17. The Kier molecular flexibility index (Phi) is 6.84. The summed E-state index contributed by atoms with van der Waals surface area (Å²) >= 11 is 6.31. The normalized spacial score (nSPS) is 13.5. The van der Waals surface area contributed by atoms with E-state index in [4.69, 9.17) is 20.9 Å². The van der Waals surface area contributed by atoms with Crippen molar-refractivity contribution in [1.29, 1.82) is 0 Å². The van der Waals surface area contributed by atoms with E-state index in [-0.39, 0.29) is 5.91 Å². The van der Waals surface area contributed by atoms with Crippen LogP contribution in [0.3, 0.4) is 0 Å². The molecule has 9 nitrogen and oxygen atoms in total. The van der Waals surface area contributed by atoms with Gasteiger partial charge < -0.3 is 24.8 Å². The highest BCUT2D eigenvalue weighted by Gasteiger charge is 2.23. The zero-order valence-electron chi connectivity index (χ0n) is 19.9. The molecule has 0 unspecified atom stereocenters. The van der Waals surface area contributed by atoms with Gasteiger partial charge in [0.2, 0.25) is 5.95 Å². The lowest BCUT2D eigenvalue weighted by Crippen LogP contribution is -2.36. The van der Waals surface area contributed by atoms with Crippen LogP contribution < -0.4 is 15.5 Å². The summed E-state index contributed by atoms with van der Waals surface area (Å²) in [7, 11) is 0. The van der Waals surface area contributed by atoms with Crippen LogP contribution in [0.4, 0.5) is 23.1 Å². The molecule has 1 saturated heterocycles. The molecule has 5 rings (SSSR count). The van der Waals surface area contributed by atoms with E-state index in [0.29, 0.717) is 52.5 Å². The highest BCUT2D eigenvalue weighted by molar-refractivity contribution is 6.33. The molecule has 3 heterocycles. The first-order chi connectivity index (χ1) is 17.5. The maximum absolute atomic E-state index is 13.1. The number of nitrogens with one attached hydrogen (secondary N) is 2. The topological polar surface area (TPSA) is 105 Å². The van der Waals surface area contributed by atoms with Crippen LogP contribution in [0.15, 0.2) is 59.1 Å². The molecule has 1 fully saturated rings. The van der Waals surface area contributed by atoms with Gasteiger partial charge in [0.15, 0.2) is 0 Å². The van der Waals surface area contributed by atoms with Gasteiger partial charge in [0.1, 0.15) is 22.8 Å². The van der Waals surface area contributed by atoms with Gasteiger partial charge >= 0.3 is 0 Å². The molecule has 0 bridgehead atoms. The van der Waals surface area contributed by atoms with Crippen LogP contribution >= 0.6 is 11.6 Å². The number of anilines is 4. The first kappa shape index (κ1) is 23.8. The summed E-state index contributed by atoms with van der Waals surface area (Å²) in [5, 5.41) is 10.7. The highest BCUT2D eigenvalue weighted by atomic mass is 35.5. The third-order valence-electron chi connectivity index (χ3n) is 5.79. The number of nitrogens with zero attached hydrogens (tertiary/aromatic N) is 4. The molecule has 2 aromatic heterocycles. The number of aryl methyl sites for hydroxylation is 2. The minimum atomic E-state index is -0.332. The molecule has 1 aliphatic rings. The van der Waals surface area contributed by atoms with Crippen LogP contribution in [0.25, 0.3) is 11.3 Å². The molecule has 0 saturated carbocycles. The summed E-state index contributed by atoms with van der Waals surface area (Å²) in [5.41, 5.74) is 3.67. The fourth-order valence-corrected chi connectivity index (χ4v) is 4.22. The van der Waals surface area contributed by atoms with Crippen molar-refractivity contribution in [3.8, 4) is 11.3 Å². The van der Waals surface area contributed by atoms with Gasteiger partial charge in [-0.1, -0.05) is 35.0 Å². The fourth-order valence-electron chi connectivity index (χ4n) is 4.00. The van der Waals surface area contributed by atoms with Gasteiger partial charge in [-0.05, 0) is 44.2 Å². The number of benzene rings is 2. The number of hydrogen-bond acceptors (Lipinski definition) is 8. The number of aromatic nitrogens is 3. The Labute approximate surface area is 213 Å². The van der Waals surface area contributed by atoms with Crippen molar-refractivity contribution in [2.75, 3.05) is 41.8 Å². The van der Waals surface area contributed by atoms with Crippen molar-refractivity contribution in [3.63, 3.8) is 0 Å². The third-order valence-corrected chi connectivity index (χ3v) is 6.12. The zero-order chi connectivity index (χ0) is 25.1. The predicted octanol–water partition coefficient (Wildman–Crippen LogP) is 5.23. The smallest absolute Gasteiger partial charge is 0.261 e. The van der Waals surface area contributed by atoms with Crippen LogP contribution in [-0.2, 0) is 4.74 Å². The quantitative estimate of drug-likeness (QED) is 0.367. The second-order valence-corrected chi connectivity index (χ2v) is 8.80. The second kappa shape index (κ2) is 10.3. The molecular formula is C26H25ClN6O3. The monoisotopic (exact) mass is 504 g/mol. The van der Waals surface area contributed by atoms with Crippen LogP contribution in [-0.4, -0.2) is 47.3 Å². The number of morpholine rings is 1. The van der Waals surface area contributed by atoms with E-state index in [1.54, 1.807) is 31.2 Å². The average molecular weight is 505 g/mol. The molecule has 1 aliphatic heterocycles. The maximum Gasteiger partial charge on any atom is 0.261 e. The van der Waals surface area contributed by atoms with E-state index < -0.39 is 0 Å². The SMILES string of the molecule is Cc1cc(N2CCOCC2)nc(Nc2ccc(NC(=O)c3c(-c4ccccc4Cl)noc3C)cc2)n1. The first-order valence-corrected chi connectivity index (χ1v) is 11.9. The van der Waals surface area contributed by atoms with Crippen LogP contribution in [0.2, 0.25) is 5.02 Å². The Morgan fingerprint density at radius 2 is 1.72 bits per heavy atom. The summed E-state index contributed by atoms with van der Waals surface area (Å²) in [6.45, 7) is 6.62. The Morgan fingerprint density at radius 3 is 2.47 bits per heavy atom. The molecule has 36 heavy (non-hydrogen) atoms. The number of halogens is 1. The molecule has 0 radical (unpaired) electrons. The minimum Gasteiger partial charge on any atom is -0.378 e. The molecule has 4 aromatic rings. The van der Waals surface area contributed by atoms with Crippen molar-refractivity contribution >= 4 is 40.6 Å². The summed E-state index contributed by atoms with van der Waals surface area (Å²) in [6.07, 6.45) is 0. The molecule has 2 N–H and O–H groups in total. The zero-order valence-corrected chi connectivity index (χ0v) is 20.7. The summed E-state index contributed by atoms with van der Waals surface area (Å²) in [5.74, 6) is 1.46. The lowest BCUT2D eigenvalue weighted by atomic mass is 10.1. The predicted molar refractivity (Wildman–Crippen MR) is 139 cm³/mol. The fraction of sp³-hybridized carbons (Fsp3) is 0.231. The van der Waals surface area contributed by atoms with Crippen molar-refractivity contribution in [3.05, 3.63) is 76.6 Å². The largest absolute Gasteiger partial charge is 0.378 e. The lowest BCUT2D eigenvalue weighted by Gasteiger charge is -2.28. The molecule has 1 amide bonds. The van der Waals surface area contributed by atoms with Crippen molar-refractivity contribution in [2.24, 2.45) is 0 Å². The molecule has 184 valence electrons. The number of ether oxygens (including phenoxy) is 1. The molecule has 0 spiro atoms. The van der Waals surface area contributed by atoms with Crippen molar-refractivity contribution in [1.82, 2.24) is 15.1 Å². The maximum atomic E-state index is 13.1. The van der Waals surface area contributed by atoms with Gasteiger partial charge in [-0.25, -0.2) is 4.98 Å². The van der Waals surface area contributed by atoms with E-state index in [1.165, 1.54) is 0 Å². The van der Waals surface area contributed by atoms with Gasteiger partial charge in [0.25, 0.3) is 5.91 Å². The standard InChI is InChI=1S/C26H25ClN6O3/c1-16-15-22(33-11-13-35-14-12-33)31-26(28-16)30-19-9-7-18(8-10-19)29-25(34)23-17(2)36-32-24(23)20-5-3-4-6-21(20)27/h3-10,15H,11-14H2,1-2H3,(H,29,34)(H,28,30,31). The van der Waals surface area contributed by atoms with Crippen LogP contribution in [0.1, 0.15) is 21.8 Å². The van der Waals surface area contributed by atoms with Crippen LogP contribution in [0, 0.1) is 13.8 Å². The highest BCUT2D eigenvalue weighted by Crippen LogP contribution is 2.31. The molecule has 0 aliphatic carbocycles. The average Bonchev–Trinajstić information content (AvgIpc) is 3.27. The number of carbonyl (C=O) groups is 1. The number of amides is 1. The molecule has 10 heteroatoms. The van der Waals surface area contributed by atoms with Gasteiger partial charge in [-0.3, -0.25) is 4.79 Å². The second-order valence-electron chi connectivity index (χ2n) is 8.39. The van der Waals surface area contributed by atoms with E-state index >= 15 is 0 Å². The summed E-state index contributed by atoms with van der Waals surface area (Å²) < 4.78 is 10.7. The Morgan fingerprint density at radius 1 is 1.00 bits per heavy atom. The van der Waals surface area contributed by atoms with Crippen molar-refractivity contribution < 1.29 is 14.1 Å².